The molecule has 0 spiro atoms. The Labute approximate surface area is 101 Å². The molecule has 0 atom stereocenters. The van der Waals surface area contributed by atoms with Gasteiger partial charge in [0.1, 0.15) is 0 Å². The van der Waals surface area contributed by atoms with Crippen molar-refractivity contribution in [1.82, 2.24) is 0 Å². The van der Waals surface area contributed by atoms with Crippen molar-refractivity contribution in [3.8, 4) is 0 Å². The first-order chi connectivity index (χ1) is 6.93. The predicted molar refractivity (Wildman–Crippen MR) is 54.5 cm³/mol. The maximum absolute atomic E-state index is 11.6. The van der Waals surface area contributed by atoms with E-state index in [2.05, 4.69) is 19.7 Å². The Hall–Kier alpha value is 0.213. The molecule has 0 radical (unpaired) electrons. The monoisotopic (exact) mass is 310 g/mol. The SMILES string of the molecule is FCCCOCc1cc[c-]cc1.[Zn+][Br]. The second-order valence-electron chi connectivity index (χ2n) is 2.50. The molecule has 0 fully saturated rings. The van der Waals surface area contributed by atoms with Gasteiger partial charge in [0.05, 0.1) is 6.67 Å². The van der Waals surface area contributed by atoms with Crippen molar-refractivity contribution in [3.63, 3.8) is 0 Å². The summed E-state index contributed by atoms with van der Waals surface area (Å²) in [5.41, 5.74) is 1.10. The van der Waals surface area contributed by atoms with E-state index in [1.807, 2.05) is 24.3 Å². The summed E-state index contributed by atoms with van der Waals surface area (Å²) in [4.78, 5) is 0. The fraction of sp³-hybridized carbons (Fsp3) is 0.400. The zero-order chi connectivity index (χ0) is 10.6. The molecule has 0 aromatic heterocycles. The number of halogens is 2. The van der Waals surface area contributed by atoms with Gasteiger partial charge in [0.15, 0.2) is 0 Å². The van der Waals surface area contributed by atoms with Gasteiger partial charge in [0.2, 0.25) is 0 Å². The summed E-state index contributed by atoms with van der Waals surface area (Å²) >= 11 is 4.25. The first-order valence-corrected chi connectivity index (χ1v) is 11.2. The van der Waals surface area contributed by atoms with Gasteiger partial charge in [-0.05, 0) is 6.42 Å². The normalized spacial score (nSPS) is 9.14. The van der Waals surface area contributed by atoms with Crippen molar-refractivity contribution in [2.45, 2.75) is 13.0 Å². The molecule has 1 rings (SSSR count). The number of hydrogen-bond acceptors (Lipinski definition) is 1. The summed E-state index contributed by atoms with van der Waals surface area (Å²) < 4.78 is 16.8. The summed E-state index contributed by atoms with van der Waals surface area (Å²) in [6, 6.07) is 10.5. The number of benzene rings is 1. The van der Waals surface area contributed by atoms with Crippen LogP contribution in [-0.2, 0) is 27.7 Å². The van der Waals surface area contributed by atoms with Gasteiger partial charge in [-0.15, -0.1) is 5.56 Å². The standard InChI is InChI=1S/C10H12FO.BrH.Zn/c11-7-4-8-12-9-10-5-2-1-3-6-10;;/h2-3,5-6H,4,7-9H2;1H;/q-1;;+2/p-1. The molecule has 0 amide bonds. The van der Waals surface area contributed by atoms with Gasteiger partial charge in [0.25, 0.3) is 0 Å². The zero-order valence-electron chi connectivity index (χ0n) is 8.01. The molecule has 0 saturated carbocycles. The van der Waals surface area contributed by atoms with Crippen LogP contribution in [0.25, 0.3) is 0 Å². The summed E-state index contributed by atoms with van der Waals surface area (Å²) in [5.74, 6) is 0. The minimum absolute atomic E-state index is 0.303. The Bertz CT molecular complexity index is 209. The predicted octanol–water partition coefficient (Wildman–Crippen LogP) is 3.21. The van der Waals surface area contributed by atoms with Crippen molar-refractivity contribution >= 4 is 13.6 Å². The number of ether oxygens (including phenoxy) is 1. The molecule has 1 aromatic carbocycles. The van der Waals surface area contributed by atoms with Gasteiger partial charge < -0.3 is 4.74 Å². The molecule has 0 saturated heterocycles. The summed E-state index contributed by atoms with van der Waals surface area (Å²) in [6.45, 7) is 0.756. The van der Waals surface area contributed by atoms with Gasteiger partial charge in [-0.3, -0.25) is 4.39 Å². The van der Waals surface area contributed by atoms with E-state index in [9.17, 15) is 4.39 Å². The van der Waals surface area contributed by atoms with Gasteiger partial charge in [-0.2, -0.15) is 30.3 Å². The average molecular weight is 312 g/mol. The van der Waals surface area contributed by atoms with E-state index in [4.69, 9.17) is 4.74 Å². The van der Waals surface area contributed by atoms with E-state index < -0.39 is 0 Å². The van der Waals surface area contributed by atoms with Gasteiger partial charge in [-0.1, -0.05) is 0 Å². The van der Waals surface area contributed by atoms with Crippen molar-refractivity contribution in [2.75, 3.05) is 13.3 Å². The van der Waals surface area contributed by atoms with Crippen LogP contribution < -0.4 is 0 Å². The fourth-order valence-electron chi connectivity index (χ4n) is 0.864. The van der Waals surface area contributed by atoms with Gasteiger partial charge in [-0.25, -0.2) is 0 Å². The molecule has 0 bridgehead atoms. The molecule has 0 unspecified atom stereocenters. The van der Waals surface area contributed by atoms with E-state index in [1.54, 1.807) is 0 Å². The van der Waals surface area contributed by atoms with Crippen LogP contribution in [0.1, 0.15) is 12.0 Å². The van der Waals surface area contributed by atoms with Crippen LogP contribution in [0.4, 0.5) is 4.39 Å². The molecular formula is C10H12BrFOZn. The second kappa shape index (κ2) is 11.3. The molecule has 4 heteroatoms. The van der Waals surface area contributed by atoms with Gasteiger partial charge >= 0.3 is 30.0 Å². The van der Waals surface area contributed by atoms with Crippen LogP contribution in [0.15, 0.2) is 24.3 Å². The maximum atomic E-state index is 11.6. The Kier molecular flexibility index (Phi) is 11.5. The second-order valence-corrected chi connectivity index (χ2v) is 2.50. The minimum atomic E-state index is -0.303. The van der Waals surface area contributed by atoms with E-state index in [-0.39, 0.29) is 6.67 Å². The summed E-state index contributed by atoms with van der Waals surface area (Å²) in [6.07, 6.45) is 0.485. The quantitative estimate of drug-likeness (QED) is 0.461. The number of rotatable bonds is 5. The van der Waals surface area contributed by atoms with E-state index in [0.717, 1.165) is 5.56 Å². The van der Waals surface area contributed by atoms with Crippen LogP contribution in [-0.4, -0.2) is 13.3 Å². The van der Waals surface area contributed by atoms with Crippen LogP contribution in [0.2, 0.25) is 0 Å². The topological polar surface area (TPSA) is 9.23 Å². The third-order valence-electron chi connectivity index (χ3n) is 1.48. The first kappa shape index (κ1) is 14.2. The Morgan fingerprint density at radius 3 is 2.57 bits per heavy atom. The molecule has 0 N–H and O–H groups in total. The van der Waals surface area contributed by atoms with Crippen molar-refractivity contribution < 1.29 is 25.5 Å². The Morgan fingerprint density at radius 2 is 2.00 bits per heavy atom. The molecule has 14 heavy (non-hydrogen) atoms. The van der Waals surface area contributed by atoms with Crippen LogP contribution in [0, 0.1) is 6.07 Å². The molecule has 0 heterocycles. The molecule has 74 valence electrons. The summed E-state index contributed by atoms with van der Waals surface area (Å²) in [7, 11) is 0. The van der Waals surface area contributed by atoms with Crippen LogP contribution >= 0.6 is 13.6 Å². The number of hydrogen-bond donors (Lipinski definition) is 0. The van der Waals surface area contributed by atoms with E-state index in [1.165, 1.54) is 16.3 Å². The van der Waals surface area contributed by atoms with E-state index >= 15 is 0 Å². The Morgan fingerprint density at radius 1 is 1.36 bits per heavy atom. The van der Waals surface area contributed by atoms with Crippen molar-refractivity contribution in [3.05, 3.63) is 35.9 Å². The fourth-order valence-corrected chi connectivity index (χ4v) is 0.864. The van der Waals surface area contributed by atoms with E-state index in [0.29, 0.717) is 19.6 Å². The van der Waals surface area contributed by atoms with Crippen LogP contribution in [0.3, 0.4) is 0 Å². The molecular weight excluding hydrogens is 300 g/mol. The third kappa shape index (κ3) is 7.60. The first-order valence-electron chi connectivity index (χ1n) is 4.29. The van der Waals surface area contributed by atoms with Crippen LogP contribution in [0.5, 0.6) is 0 Å². The van der Waals surface area contributed by atoms with Crippen molar-refractivity contribution in [1.29, 1.82) is 0 Å². The van der Waals surface area contributed by atoms with Crippen molar-refractivity contribution in [2.24, 2.45) is 0 Å². The third-order valence-corrected chi connectivity index (χ3v) is 1.48. The Balaban J connectivity index is 0.000000791. The zero-order valence-corrected chi connectivity index (χ0v) is 12.6. The molecule has 1 aromatic rings. The molecule has 0 aliphatic carbocycles. The molecule has 0 aliphatic rings. The van der Waals surface area contributed by atoms with Gasteiger partial charge in [0, 0.05) is 13.2 Å². The molecule has 1 nitrogen and oxygen atoms in total. The molecule has 0 aliphatic heterocycles. The average Bonchev–Trinajstić information content (AvgIpc) is 2.29. The number of alkyl halides is 1. The summed E-state index contributed by atoms with van der Waals surface area (Å²) in [5, 5.41) is 0.